The molecule has 0 aromatic heterocycles. The van der Waals surface area contributed by atoms with Crippen molar-refractivity contribution in [1.82, 2.24) is 20.4 Å². The summed E-state index contributed by atoms with van der Waals surface area (Å²) in [6.07, 6.45) is 5.83. The number of piperidine rings is 1. The van der Waals surface area contributed by atoms with Crippen molar-refractivity contribution in [3.63, 3.8) is 0 Å². The fourth-order valence-electron chi connectivity index (χ4n) is 4.58. The third-order valence-electron chi connectivity index (χ3n) is 6.05. The molecule has 136 valence electrons. The molecule has 2 aliphatic heterocycles. The highest BCUT2D eigenvalue weighted by Gasteiger charge is 2.30. The molecule has 1 aliphatic carbocycles. The summed E-state index contributed by atoms with van der Waals surface area (Å²) in [6, 6.07) is 9.93. The van der Waals surface area contributed by atoms with Crippen molar-refractivity contribution in [2.45, 2.75) is 44.2 Å². The fourth-order valence-corrected chi connectivity index (χ4v) is 4.58. The third kappa shape index (κ3) is 3.82. The highest BCUT2D eigenvalue weighted by Crippen LogP contribution is 2.34. The topological polar surface area (TPSA) is 47.6 Å². The van der Waals surface area contributed by atoms with E-state index in [4.69, 9.17) is 0 Å². The molecule has 2 fully saturated rings. The Morgan fingerprint density at radius 2 is 1.80 bits per heavy atom. The second-order valence-corrected chi connectivity index (χ2v) is 7.60. The Bertz CT molecular complexity index is 591. The zero-order chi connectivity index (χ0) is 17.1. The van der Waals surface area contributed by atoms with Gasteiger partial charge in [-0.25, -0.2) is 4.79 Å². The molecule has 0 bridgehead atoms. The minimum Gasteiger partial charge on any atom is -0.335 e. The van der Waals surface area contributed by atoms with E-state index in [2.05, 4.69) is 39.8 Å². The van der Waals surface area contributed by atoms with Gasteiger partial charge < -0.3 is 15.5 Å². The van der Waals surface area contributed by atoms with E-state index in [-0.39, 0.29) is 6.03 Å². The molecule has 0 saturated carbocycles. The molecule has 2 heterocycles. The molecule has 1 atom stereocenters. The number of carbonyl (C=O) groups is 1. The van der Waals surface area contributed by atoms with Crippen LogP contribution < -0.4 is 10.6 Å². The molecule has 1 aromatic rings. The summed E-state index contributed by atoms with van der Waals surface area (Å²) in [5, 5.41) is 6.57. The van der Waals surface area contributed by atoms with Gasteiger partial charge in [0.25, 0.3) is 0 Å². The number of piperazine rings is 1. The van der Waals surface area contributed by atoms with Crippen LogP contribution in [0.4, 0.5) is 4.79 Å². The molecular weight excluding hydrogens is 312 g/mol. The van der Waals surface area contributed by atoms with Gasteiger partial charge in [-0.2, -0.15) is 0 Å². The van der Waals surface area contributed by atoms with Gasteiger partial charge in [0, 0.05) is 38.3 Å². The highest BCUT2D eigenvalue weighted by atomic mass is 16.2. The summed E-state index contributed by atoms with van der Waals surface area (Å²) in [6.45, 7) is 5.68. The predicted molar refractivity (Wildman–Crippen MR) is 99.7 cm³/mol. The average molecular weight is 342 g/mol. The molecule has 0 radical (unpaired) electrons. The van der Waals surface area contributed by atoms with Crippen molar-refractivity contribution in [3.05, 3.63) is 35.4 Å². The molecule has 2 N–H and O–H groups in total. The van der Waals surface area contributed by atoms with Gasteiger partial charge >= 0.3 is 6.03 Å². The number of aryl methyl sites for hydroxylation is 1. The summed E-state index contributed by atoms with van der Waals surface area (Å²) in [7, 11) is 0. The van der Waals surface area contributed by atoms with Crippen molar-refractivity contribution in [1.29, 1.82) is 0 Å². The molecule has 0 spiro atoms. The molecule has 5 heteroatoms. The number of hydrogen-bond acceptors (Lipinski definition) is 3. The number of hydrogen-bond donors (Lipinski definition) is 2. The number of benzene rings is 1. The van der Waals surface area contributed by atoms with Gasteiger partial charge in [0.05, 0.1) is 0 Å². The van der Waals surface area contributed by atoms with Crippen LogP contribution in [-0.4, -0.2) is 61.1 Å². The highest BCUT2D eigenvalue weighted by molar-refractivity contribution is 5.74. The van der Waals surface area contributed by atoms with Crippen molar-refractivity contribution in [3.8, 4) is 0 Å². The second-order valence-electron chi connectivity index (χ2n) is 7.60. The fraction of sp³-hybridized carbons (Fsp3) is 0.650. The number of urea groups is 1. The van der Waals surface area contributed by atoms with E-state index in [1.54, 1.807) is 0 Å². The zero-order valence-corrected chi connectivity index (χ0v) is 15.0. The van der Waals surface area contributed by atoms with E-state index in [0.717, 1.165) is 52.1 Å². The third-order valence-corrected chi connectivity index (χ3v) is 6.05. The minimum absolute atomic E-state index is 0.135. The second kappa shape index (κ2) is 7.75. The summed E-state index contributed by atoms with van der Waals surface area (Å²) in [4.78, 5) is 17.1. The van der Waals surface area contributed by atoms with E-state index in [1.807, 2.05) is 4.90 Å². The van der Waals surface area contributed by atoms with Crippen molar-refractivity contribution >= 4 is 6.03 Å². The van der Waals surface area contributed by atoms with Crippen LogP contribution in [0, 0.1) is 0 Å². The average Bonchev–Trinajstić information content (AvgIpc) is 2.68. The van der Waals surface area contributed by atoms with E-state index in [0.29, 0.717) is 12.1 Å². The van der Waals surface area contributed by atoms with Crippen molar-refractivity contribution in [2.75, 3.05) is 39.3 Å². The Morgan fingerprint density at radius 1 is 1.04 bits per heavy atom. The molecule has 2 saturated heterocycles. The largest absolute Gasteiger partial charge is 0.335 e. The number of amides is 2. The van der Waals surface area contributed by atoms with E-state index in [9.17, 15) is 4.79 Å². The lowest BCUT2D eigenvalue weighted by molar-refractivity contribution is 0.0984. The van der Waals surface area contributed by atoms with Crippen LogP contribution >= 0.6 is 0 Å². The molecule has 2 amide bonds. The lowest BCUT2D eigenvalue weighted by Crippen LogP contribution is -2.55. The van der Waals surface area contributed by atoms with Crippen LogP contribution in [0.5, 0.6) is 0 Å². The number of fused-ring (bicyclic) bond motifs is 1. The van der Waals surface area contributed by atoms with Gasteiger partial charge in [-0.3, -0.25) is 4.90 Å². The van der Waals surface area contributed by atoms with Crippen LogP contribution in [0.25, 0.3) is 0 Å². The normalized spacial score (nSPS) is 25.4. The number of rotatable bonds is 2. The Morgan fingerprint density at radius 3 is 2.60 bits per heavy atom. The standard InChI is InChI=1S/C20H30N4O/c25-20(22-17-8-10-21-11-9-17)24-14-12-23(13-15-24)19-7-3-5-16-4-1-2-6-18(16)19/h1-2,4,6,17,19,21H,3,5,7-15H2,(H,22,25). The molecule has 4 rings (SSSR count). The zero-order valence-electron chi connectivity index (χ0n) is 15.0. The first kappa shape index (κ1) is 16.9. The van der Waals surface area contributed by atoms with Gasteiger partial charge in [-0.05, 0) is 56.3 Å². The van der Waals surface area contributed by atoms with Gasteiger partial charge in [0.1, 0.15) is 0 Å². The Hall–Kier alpha value is -1.59. The van der Waals surface area contributed by atoms with E-state index >= 15 is 0 Å². The maximum absolute atomic E-state index is 12.5. The predicted octanol–water partition coefficient (Wildman–Crippen LogP) is 2.14. The quantitative estimate of drug-likeness (QED) is 0.866. The first-order chi connectivity index (χ1) is 12.3. The van der Waals surface area contributed by atoms with Crippen molar-refractivity contribution in [2.24, 2.45) is 0 Å². The smallest absolute Gasteiger partial charge is 0.317 e. The Labute approximate surface area is 150 Å². The summed E-state index contributed by atoms with van der Waals surface area (Å²) in [5.74, 6) is 0. The number of nitrogens with zero attached hydrogens (tertiary/aromatic N) is 2. The van der Waals surface area contributed by atoms with Crippen LogP contribution in [0.1, 0.15) is 42.9 Å². The van der Waals surface area contributed by atoms with E-state index < -0.39 is 0 Å². The van der Waals surface area contributed by atoms with Crippen LogP contribution in [0.3, 0.4) is 0 Å². The van der Waals surface area contributed by atoms with Gasteiger partial charge in [-0.15, -0.1) is 0 Å². The first-order valence-electron chi connectivity index (χ1n) is 9.89. The van der Waals surface area contributed by atoms with E-state index in [1.165, 1.54) is 30.4 Å². The molecular formula is C20H30N4O. The van der Waals surface area contributed by atoms with Gasteiger partial charge in [0.2, 0.25) is 0 Å². The summed E-state index contributed by atoms with van der Waals surface area (Å²) in [5.41, 5.74) is 3.03. The lowest BCUT2D eigenvalue weighted by Gasteiger charge is -2.41. The van der Waals surface area contributed by atoms with Gasteiger partial charge in [-0.1, -0.05) is 24.3 Å². The monoisotopic (exact) mass is 342 g/mol. The van der Waals surface area contributed by atoms with Crippen molar-refractivity contribution < 1.29 is 4.79 Å². The summed E-state index contributed by atoms with van der Waals surface area (Å²) < 4.78 is 0. The number of nitrogens with one attached hydrogen (secondary N) is 2. The Kier molecular flexibility index (Phi) is 5.22. The van der Waals surface area contributed by atoms with Crippen LogP contribution in [0.15, 0.2) is 24.3 Å². The lowest BCUT2D eigenvalue weighted by atomic mass is 9.86. The minimum atomic E-state index is 0.135. The molecule has 3 aliphatic rings. The van der Waals surface area contributed by atoms with Crippen LogP contribution in [-0.2, 0) is 6.42 Å². The maximum Gasteiger partial charge on any atom is 0.317 e. The maximum atomic E-state index is 12.5. The molecule has 5 nitrogen and oxygen atoms in total. The molecule has 25 heavy (non-hydrogen) atoms. The van der Waals surface area contributed by atoms with Crippen LogP contribution in [0.2, 0.25) is 0 Å². The first-order valence-corrected chi connectivity index (χ1v) is 9.89. The molecule has 1 aromatic carbocycles. The summed E-state index contributed by atoms with van der Waals surface area (Å²) >= 11 is 0. The Balaban J connectivity index is 1.32. The molecule has 1 unspecified atom stereocenters. The van der Waals surface area contributed by atoms with Gasteiger partial charge in [0.15, 0.2) is 0 Å². The SMILES string of the molecule is O=C(NC1CCNCC1)N1CCN(C2CCCc3ccccc32)CC1. The number of carbonyl (C=O) groups excluding carboxylic acids is 1.